The molecule has 0 aliphatic rings. The molecule has 1 N–H and O–H groups in total. The van der Waals surface area contributed by atoms with Gasteiger partial charge in [-0.3, -0.25) is 4.79 Å². The van der Waals surface area contributed by atoms with Crippen molar-refractivity contribution in [3.63, 3.8) is 0 Å². The van der Waals surface area contributed by atoms with Crippen LogP contribution >= 0.6 is 22.9 Å². The fraction of sp³-hybridized carbons (Fsp3) is 0.167. The molecular weight excluding hydrogens is 313 g/mol. The number of rotatable bonds is 4. The number of ketones is 1. The average molecular weight is 321 g/mol. The maximum absolute atomic E-state index is 12.5. The number of hydrogen-bond acceptors (Lipinski definition) is 4. The molecule has 1 heterocycles. The zero-order valence-electron chi connectivity index (χ0n) is 9.87. The summed E-state index contributed by atoms with van der Waals surface area (Å²) < 4.78 is 37.8. The highest BCUT2D eigenvalue weighted by Crippen LogP contribution is 2.27. The predicted molar refractivity (Wildman–Crippen MR) is 71.3 cm³/mol. The summed E-state index contributed by atoms with van der Waals surface area (Å²) in [7, 11) is 0. The minimum Gasteiger partial charge on any atom is -0.379 e. The van der Waals surface area contributed by atoms with Crippen LogP contribution in [0.25, 0.3) is 0 Å². The van der Waals surface area contributed by atoms with Gasteiger partial charge in [0.1, 0.15) is 0 Å². The Morgan fingerprint density at radius 1 is 1.35 bits per heavy atom. The van der Waals surface area contributed by atoms with Crippen molar-refractivity contribution in [1.29, 1.82) is 0 Å². The lowest BCUT2D eigenvalue weighted by Gasteiger charge is -2.11. The van der Waals surface area contributed by atoms with Crippen molar-refractivity contribution in [2.75, 3.05) is 5.32 Å². The standard InChI is InChI=1S/C12H8ClF3N2OS/c13-11-18-6-7(20-11)5-17-9-4-2-1-3-8(9)10(19)12(14,15)16/h1-4,6,17H,5H2. The Balaban J connectivity index is 2.18. The van der Waals surface area contributed by atoms with Crippen molar-refractivity contribution in [2.24, 2.45) is 0 Å². The van der Waals surface area contributed by atoms with Gasteiger partial charge >= 0.3 is 6.18 Å². The van der Waals surface area contributed by atoms with Crippen molar-refractivity contribution in [1.82, 2.24) is 4.98 Å². The number of nitrogens with one attached hydrogen (secondary N) is 1. The molecule has 0 fully saturated rings. The van der Waals surface area contributed by atoms with E-state index in [0.717, 1.165) is 10.9 Å². The third-order valence-electron chi connectivity index (χ3n) is 2.41. The number of Topliss-reactive ketones (excluding diaryl/α,β-unsaturated/α-hetero) is 1. The number of para-hydroxylation sites is 1. The van der Waals surface area contributed by atoms with Gasteiger partial charge in [-0.1, -0.05) is 23.7 Å². The smallest absolute Gasteiger partial charge is 0.379 e. The maximum atomic E-state index is 12.5. The molecule has 0 unspecified atom stereocenters. The molecular formula is C12H8ClF3N2OS. The first kappa shape index (κ1) is 14.8. The normalized spacial score (nSPS) is 11.4. The molecule has 0 atom stereocenters. The van der Waals surface area contributed by atoms with Gasteiger partial charge in [0.05, 0.1) is 12.1 Å². The molecule has 0 aliphatic heterocycles. The van der Waals surface area contributed by atoms with Crippen molar-refractivity contribution < 1.29 is 18.0 Å². The van der Waals surface area contributed by atoms with Gasteiger partial charge in [-0.05, 0) is 12.1 Å². The van der Waals surface area contributed by atoms with E-state index < -0.39 is 17.5 Å². The fourth-order valence-corrected chi connectivity index (χ4v) is 2.45. The Kier molecular flexibility index (Phi) is 4.29. The number of benzene rings is 1. The Morgan fingerprint density at radius 3 is 2.65 bits per heavy atom. The molecule has 0 spiro atoms. The summed E-state index contributed by atoms with van der Waals surface area (Å²) in [6, 6.07) is 5.49. The maximum Gasteiger partial charge on any atom is 0.454 e. The number of alkyl halides is 3. The lowest BCUT2D eigenvalue weighted by molar-refractivity contribution is -0.0884. The number of halogens is 4. The number of nitrogens with zero attached hydrogens (tertiary/aromatic N) is 1. The van der Waals surface area contributed by atoms with Gasteiger partial charge in [-0.15, -0.1) is 11.3 Å². The Bertz CT molecular complexity index is 627. The molecule has 106 valence electrons. The lowest BCUT2D eigenvalue weighted by atomic mass is 10.1. The summed E-state index contributed by atoms with van der Waals surface area (Å²) in [6.07, 6.45) is -3.38. The molecule has 0 aliphatic carbocycles. The first-order valence-corrected chi connectivity index (χ1v) is 6.62. The van der Waals surface area contributed by atoms with E-state index in [1.807, 2.05) is 0 Å². The molecule has 0 amide bonds. The predicted octanol–water partition coefficient (Wildman–Crippen LogP) is 4.15. The number of carbonyl (C=O) groups excluding carboxylic acids is 1. The summed E-state index contributed by atoms with van der Waals surface area (Å²) in [4.78, 5) is 15.9. The van der Waals surface area contributed by atoms with E-state index in [9.17, 15) is 18.0 Å². The summed E-state index contributed by atoms with van der Waals surface area (Å²) >= 11 is 6.87. The lowest BCUT2D eigenvalue weighted by Crippen LogP contribution is -2.23. The molecule has 3 nitrogen and oxygen atoms in total. The van der Waals surface area contributed by atoms with Crippen LogP contribution in [0.15, 0.2) is 30.5 Å². The van der Waals surface area contributed by atoms with E-state index in [2.05, 4.69) is 10.3 Å². The molecule has 20 heavy (non-hydrogen) atoms. The van der Waals surface area contributed by atoms with E-state index in [1.165, 1.54) is 29.7 Å². The largest absolute Gasteiger partial charge is 0.454 e. The van der Waals surface area contributed by atoms with Gasteiger partial charge in [0.15, 0.2) is 4.47 Å². The summed E-state index contributed by atoms with van der Waals surface area (Å²) in [5.41, 5.74) is -0.282. The molecule has 1 aromatic heterocycles. The van der Waals surface area contributed by atoms with Crippen LogP contribution in [0.1, 0.15) is 15.2 Å². The van der Waals surface area contributed by atoms with Crippen LogP contribution in [0, 0.1) is 0 Å². The molecule has 0 saturated heterocycles. The van der Waals surface area contributed by atoms with Crippen LogP contribution < -0.4 is 5.32 Å². The number of hydrogen-bond donors (Lipinski definition) is 1. The Morgan fingerprint density at radius 2 is 2.05 bits per heavy atom. The molecule has 2 aromatic rings. The summed E-state index contributed by atoms with van der Waals surface area (Å²) in [5, 5.41) is 2.79. The number of carbonyl (C=O) groups is 1. The zero-order chi connectivity index (χ0) is 14.8. The van der Waals surface area contributed by atoms with Crippen molar-refractivity contribution in [3.8, 4) is 0 Å². The fourth-order valence-electron chi connectivity index (χ4n) is 1.54. The minimum absolute atomic E-state index is 0.124. The van der Waals surface area contributed by atoms with Crippen LogP contribution in [0.3, 0.4) is 0 Å². The van der Waals surface area contributed by atoms with E-state index in [1.54, 1.807) is 6.07 Å². The van der Waals surface area contributed by atoms with E-state index in [0.29, 0.717) is 4.47 Å². The van der Waals surface area contributed by atoms with Crippen molar-refractivity contribution >= 4 is 34.4 Å². The topological polar surface area (TPSA) is 42.0 Å². The zero-order valence-corrected chi connectivity index (χ0v) is 11.4. The number of aromatic nitrogens is 1. The van der Waals surface area contributed by atoms with Gasteiger partial charge in [0, 0.05) is 16.8 Å². The second kappa shape index (κ2) is 5.80. The highest BCUT2D eigenvalue weighted by molar-refractivity contribution is 7.15. The minimum atomic E-state index is -4.90. The molecule has 2 rings (SSSR count). The molecule has 0 radical (unpaired) electrons. The van der Waals surface area contributed by atoms with Gasteiger partial charge in [0.2, 0.25) is 0 Å². The molecule has 0 saturated carbocycles. The number of thiazole rings is 1. The quantitative estimate of drug-likeness (QED) is 0.860. The molecule has 8 heteroatoms. The van der Waals surface area contributed by atoms with Crippen LogP contribution in [-0.2, 0) is 6.54 Å². The van der Waals surface area contributed by atoms with Gasteiger partial charge in [-0.2, -0.15) is 13.2 Å². The second-order valence-electron chi connectivity index (χ2n) is 3.81. The van der Waals surface area contributed by atoms with Gasteiger partial charge < -0.3 is 5.32 Å². The average Bonchev–Trinajstić information content (AvgIpc) is 2.80. The van der Waals surface area contributed by atoms with E-state index in [4.69, 9.17) is 11.6 Å². The third-order valence-corrected chi connectivity index (χ3v) is 3.52. The van der Waals surface area contributed by atoms with Gasteiger partial charge in [-0.25, -0.2) is 4.98 Å². The first-order valence-electron chi connectivity index (χ1n) is 5.42. The van der Waals surface area contributed by atoms with Crippen LogP contribution in [0.5, 0.6) is 0 Å². The van der Waals surface area contributed by atoms with Crippen LogP contribution in [0.4, 0.5) is 18.9 Å². The van der Waals surface area contributed by atoms with E-state index in [-0.39, 0.29) is 12.2 Å². The van der Waals surface area contributed by atoms with Crippen molar-refractivity contribution in [3.05, 3.63) is 45.4 Å². The Labute approximate surface area is 121 Å². The van der Waals surface area contributed by atoms with Crippen LogP contribution in [-0.4, -0.2) is 16.9 Å². The summed E-state index contributed by atoms with van der Waals surface area (Å²) in [5.74, 6) is -1.87. The second-order valence-corrected chi connectivity index (χ2v) is 5.50. The molecule has 0 bridgehead atoms. The van der Waals surface area contributed by atoms with Crippen molar-refractivity contribution in [2.45, 2.75) is 12.7 Å². The Hall–Kier alpha value is -1.60. The summed E-state index contributed by atoms with van der Waals surface area (Å²) in [6.45, 7) is 0.243. The first-order chi connectivity index (χ1) is 9.38. The molecule has 1 aromatic carbocycles. The van der Waals surface area contributed by atoms with Crippen LogP contribution in [0.2, 0.25) is 4.47 Å². The monoisotopic (exact) mass is 320 g/mol. The highest BCUT2D eigenvalue weighted by atomic mass is 35.5. The number of anilines is 1. The third kappa shape index (κ3) is 3.49. The highest BCUT2D eigenvalue weighted by Gasteiger charge is 2.40. The van der Waals surface area contributed by atoms with E-state index >= 15 is 0 Å². The SMILES string of the molecule is O=C(c1ccccc1NCc1cnc(Cl)s1)C(F)(F)F. The van der Waals surface area contributed by atoms with Gasteiger partial charge in [0.25, 0.3) is 5.78 Å².